The highest BCUT2D eigenvalue weighted by Crippen LogP contribution is 2.29. The molecule has 6 heteroatoms. The Hall–Kier alpha value is -2.60. The average molecular weight is 369 g/mol. The zero-order valence-electron chi connectivity index (χ0n) is 16.2. The molecule has 1 amide bonds. The van der Waals surface area contributed by atoms with Crippen LogP contribution in [-0.4, -0.2) is 54.2 Å². The van der Waals surface area contributed by atoms with Crippen LogP contribution in [0.1, 0.15) is 34.5 Å². The third-order valence-electron chi connectivity index (χ3n) is 5.02. The second-order valence-electron chi connectivity index (χ2n) is 6.90. The number of aliphatic hydroxyl groups excluding tert-OH is 1. The van der Waals surface area contributed by atoms with Crippen LogP contribution in [0.15, 0.2) is 36.4 Å². The van der Waals surface area contributed by atoms with Crippen molar-refractivity contribution in [3.05, 3.63) is 53.2 Å². The number of fused-ring (bicyclic) bond motifs is 1. The van der Waals surface area contributed by atoms with Crippen molar-refractivity contribution in [1.82, 2.24) is 9.88 Å². The van der Waals surface area contributed by atoms with Crippen LogP contribution in [0, 0.1) is 6.92 Å². The van der Waals surface area contributed by atoms with Gasteiger partial charge in [0.15, 0.2) is 0 Å². The Labute approximate surface area is 160 Å². The molecule has 0 bridgehead atoms. The highest BCUT2D eigenvalue weighted by molar-refractivity contribution is 5.98. The minimum absolute atomic E-state index is 0.0760. The predicted molar refractivity (Wildman–Crippen MR) is 105 cm³/mol. The van der Waals surface area contributed by atoms with Crippen LogP contribution in [-0.2, 0) is 6.54 Å². The second-order valence-corrected chi connectivity index (χ2v) is 6.90. The van der Waals surface area contributed by atoms with E-state index in [1.165, 1.54) is 0 Å². The number of para-hydroxylation sites is 1. The molecule has 0 saturated carbocycles. The smallest absolute Gasteiger partial charge is 0.255 e. The molecule has 1 saturated heterocycles. The first-order chi connectivity index (χ1) is 13.1. The lowest BCUT2D eigenvalue weighted by molar-refractivity contribution is 0.0816. The summed E-state index contributed by atoms with van der Waals surface area (Å²) in [6, 6.07) is 12.0. The maximum absolute atomic E-state index is 12.1. The minimum Gasteiger partial charge on any atom is -0.490 e. The topological polar surface area (TPSA) is 65.9 Å². The summed E-state index contributed by atoms with van der Waals surface area (Å²) in [5.41, 5.74) is 2.73. The third-order valence-corrected chi connectivity index (χ3v) is 5.02. The van der Waals surface area contributed by atoms with E-state index in [9.17, 15) is 4.79 Å². The Bertz CT molecular complexity index is 787. The summed E-state index contributed by atoms with van der Waals surface area (Å²) in [5, 5.41) is 7.00. The van der Waals surface area contributed by atoms with Gasteiger partial charge in [-0.3, -0.25) is 4.79 Å². The number of amides is 1. The molecule has 2 aromatic rings. The Morgan fingerprint density at radius 2 is 1.81 bits per heavy atom. The number of aryl methyl sites for hydroxylation is 1. The summed E-state index contributed by atoms with van der Waals surface area (Å²) < 4.78 is 6.07. The largest absolute Gasteiger partial charge is 0.490 e. The van der Waals surface area contributed by atoms with Gasteiger partial charge in [0.05, 0.1) is 17.8 Å². The number of carbonyl (C=O) groups excluding carboxylic acids is 1. The zero-order chi connectivity index (χ0) is 19.4. The van der Waals surface area contributed by atoms with E-state index in [1.807, 2.05) is 50.4 Å². The quantitative estimate of drug-likeness (QED) is 0.901. The number of benzene rings is 1. The third kappa shape index (κ3) is 4.06. The molecule has 0 atom stereocenters. The number of hydrogen-bond donors (Lipinski definition) is 1. The van der Waals surface area contributed by atoms with Crippen molar-refractivity contribution in [2.45, 2.75) is 32.4 Å². The summed E-state index contributed by atoms with van der Waals surface area (Å²) in [5.74, 6) is 2.03. The van der Waals surface area contributed by atoms with Gasteiger partial charge in [0, 0.05) is 40.1 Å². The van der Waals surface area contributed by atoms with Gasteiger partial charge in [0.1, 0.15) is 17.7 Å². The molecule has 4 rings (SSSR count). The molecule has 0 unspecified atom stereocenters. The van der Waals surface area contributed by atoms with Crippen LogP contribution in [0.2, 0.25) is 0 Å². The van der Waals surface area contributed by atoms with Crippen molar-refractivity contribution in [3.8, 4) is 5.75 Å². The van der Waals surface area contributed by atoms with Crippen LogP contribution >= 0.6 is 0 Å². The molecule has 0 aliphatic carbocycles. The van der Waals surface area contributed by atoms with Gasteiger partial charge in [-0.1, -0.05) is 18.2 Å². The second kappa shape index (κ2) is 8.39. The number of carbonyl (C=O) groups is 1. The molecular weight excluding hydrogens is 342 g/mol. The number of ether oxygens (including phenoxy) is 1. The van der Waals surface area contributed by atoms with Crippen molar-refractivity contribution in [2.75, 3.05) is 32.1 Å². The average Bonchev–Trinajstić information content (AvgIpc) is 2.98. The molecule has 27 heavy (non-hydrogen) atoms. The Kier molecular flexibility index (Phi) is 5.96. The first kappa shape index (κ1) is 19.2. The lowest BCUT2D eigenvalue weighted by Crippen LogP contribution is -2.39. The maximum Gasteiger partial charge on any atom is 0.255 e. The van der Waals surface area contributed by atoms with E-state index in [1.54, 1.807) is 4.90 Å². The van der Waals surface area contributed by atoms with Crippen molar-refractivity contribution in [3.63, 3.8) is 0 Å². The van der Waals surface area contributed by atoms with Crippen molar-refractivity contribution in [1.29, 1.82) is 0 Å². The first-order valence-corrected chi connectivity index (χ1v) is 9.29. The molecule has 0 radical (unpaired) electrons. The molecule has 144 valence electrons. The maximum atomic E-state index is 12.1. The number of anilines is 1. The predicted octanol–water partition coefficient (Wildman–Crippen LogP) is 2.63. The van der Waals surface area contributed by atoms with E-state index < -0.39 is 0 Å². The molecule has 6 nitrogen and oxygen atoms in total. The monoisotopic (exact) mass is 369 g/mol. The van der Waals surface area contributed by atoms with Gasteiger partial charge >= 0.3 is 0 Å². The molecule has 1 N–H and O–H groups in total. The van der Waals surface area contributed by atoms with Crippen LogP contribution in [0.5, 0.6) is 5.75 Å². The van der Waals surface area contributed by atoms with E-state index >= 15 is 0 Å². The highest BCUT2D eigenvalue weighted by atomic mass is 16.5. The number of nitrogens with zero attached hydrogens (tertiary/aromatic N) is 3. The molecule has 1 aromatic heterocycles. The van der Waals surface area contributed by atoms with Crippen LogP contribution < -0.4 is 9.64 Å². The Morgan fingerprint density at radius 3 is 2.48 bits per heavy atom. The molecule has 1 aromatic carbocycles. The normalized spacial score (nSPS) is 16.7. The molecule has 3 heterocycles. The molecule has 0 spiro atoms. The van der Waals surface area contributed by atoms with Crippen LogP contribution in [0.3, 0.4) is 0 Å². The highest BCUT2D eigenvalue weighted by Gasteiger charge is 2.29. The summed E-state index contributed by atoms with van der Waals surface area (Å²) in [4.78, 5) is 21.0. The van der Waals surface area contributed by atoms with Crippen molar-refractivity contribution < 1.29 is 14.6 Å². The minimum atomic E-state index is 0.0760. The summed E-state index contributed by atoms with van der Waals surface area (Å²) >= 11 is 0. The Balaban J connectivity index is 0.00000102. The number of aliphatic hydroxyl groups is 1. The first-order valence-electron chi connectivity index (χ1n) is 9.29. The fourth-order valence-electron chi connectivity index (χ4n) is 3.65. The van der Waals surface area contributed by atoms with Crippen molar-refractivity contribution >= 4 is 11.7 Å². The SMILES string of the molecule is CO.Cc1cc2c(nc1N1CCC(Oc3ccccc3)CC1)CN(C)C2=O. The van der Waals surface area contributed by atoms with Gasteiger partial charge in [-0.2, -0.15) is 0 Å². The Morgan fingerprint density at radius 1 is 1.15 bits per heavy atom. The van der Waals surface area contributed by atoms with E-state index in [-0.39, 0.29) is 12.0 Å². The van der Waals surface area contributed by atoms with E-state index in [0.717, 1.165) is 61.4 Å². The number of piperidine rings is 1. The molecule has 2 aliphatic rings. The van der Waals surface area contributed by atoms with E-state index in [2.05, 4.69) is 4.90 Å². The fraction of sp³-hybridized carbons (Fsp3) is 0.429. The van der Waals surface area contributed by atoms with Gasteiger partial charge in [0.2, 0.25) is 0 Å². The lowest BCUT2D eigenvalue weighted by Gasteiger charge is -2.34. The number of rotatable bonds is 3. The zero-order valence-corrected chi connectivity index (χ0v) is 16.2. The van der Waals surface area contributed by atoms with Crippen molar-refractivity contribution in [2.24, 2.45) is 0 Å². The van der Waals surface area contributed by atoms with Gasteiger partial charge in [-0.05, 0) is 30.7 Å². The number of hydrogen-bond acceptors (Lipinski definition) is 5. The molecule has 2 aliphatic heterocycles. The molecular formula is C21H27N3O3. The fourth-order valence-corrected chi connectivity index (χ4v) is 3.65. The van der Waals surface area contributed by atoms with Gasteiger partial charge < -0.3 is 19.6 Å². The van der Waals surface area contributed by atoms with Gasteiger partial charge in [-0.15, -0.1) is 0 Å². The van der Waals surface area contributed by atoms with E-state index in [4.69, 9.17) is 14.8 Å². The number of aromatic nitrogens is 1. The summed E-state index contributed by atoms with van der Waals surface area (Å²) in [6.45, 7) is 4.50. The van der Waals surface area contributed by atoms with E-state index in [0.29, 0.717) is 6.54 Å². The number of pyridine rings is 1. The van der Waals surface area contributed by atoms with Gasteiger partial charge in [-0.25, -0.2) is 4.98 Å². The van der Waals surface area contributed by atoms with Crippen LogP contribution in [0.25, 0.3) is 0 Å². The summed E-state index contributed by atoms with van der Waals surface area (Å²) in [6.07, 6.45) is 2.21. The summed E-state index contributed by atoms with van der Waals surface area (Å²) in [7, 11) is 2.82. The van der Waals surface area contributed by atoms with Gasteiger partial charge in [0.25, 0.3) is 5.91 Å². The van der Waals surface area contributed by atoms with Crippen LogP contribution in [0.4, 0.5) is 5.82 Å². The standard InChI is InChI=1S/C20H23N3O2.CH4O/c1-14-12-17-18(13-22(2)20(17)24)21-19(14)23-10-8-16(9-11-23)25-15-6-4-3-5-7-15;1-2/h3-7,12,16H,8-11,13H2,1-2H3;2H,1H3. The lowest BCUT2D eigenvalue weighted by atomic mass is 10.1. The molecule has 1 fully saturated rings.